The predicted octanol–water partition coefficient (Wildman–Crippen LogP) is 4.37. The number of carbonyl (C=O) groups is 1. The van der Waals surface area contributed by atoms with Gasteiger partial charge in [-0.2, -0.15) is 0 Å². The molecule has 9 heteroatoms. The van der Waals surface area contributed by atoms with Crippen LogP contribution < -0.4 is 5.32 Å². The summed E-state index contributed by atoms with van der Waals surface area (Å²) in [7, 11) is 0. The number of nitrogens with one attached hydrogen (secondary N) is 1. The maximum atomic E-state index is 12.7. The Balaban J connectivity index is 1.70. The van der Waals surface area contributed by atoms with E-state index >= 15 is 0 Å². The molecule has 3 aromatic carbocycles. The van der Waals surface area contributed by atoms with Crippen LogP contribution in [0, 0.1) is 0 Å². The number of hydrogen-bond donors (Lipinski definition) is 5. The summed E-state index contributed by atoms with van der Waals surface area (Å²) in [6.45, 7) is 0. The number of alkyl halides is 1. The number of carbonyl (C=O) groups excluding carboxylic acids is 1. The molecule has 1 heterocycles. The fourth-order valence-electron chi connectivity index (χ4n) is 3.19. The zero-order valence-electron chi connectivity index (χ0n) is 15.9. The number of rotatable bonds is 3. The van der Waals surface area contributed by atoms with Crippen molar-refractivity contribution in [3.05, 3.63) is 83.4 Å². The van der Waals surface area contributed by atoms with Gasteiger partial charge in [0.2, 0.25) is 0 Å². The zero-order chi connectivity index (χ0) is 22.2. The number of aromatic hydroxyl groups is 4. The van der Waals surface area contributed by atoms with Gasteiger partial charge in [0, 0.05) is 5.56 Å². The SMILES string of the molecule is O=C(NC1=NC(I)(c2ccc(O)c(O)c2)C(c2ccccc2)S1)c1ccc(O)c(O)c1. The number of phenols is 4. The van der Waals surface area contributed by atoms with E-state index in [2.05, 4.69) is 27.9 Å². The van der Waals surface area contributed by atoms with Gasteiger partial charge in [-0.05, 0) is 64.0 Å². The summed E-state index contributed by atoms with van der Waals surface area (Å²) in [5, 5.41) is 41.8. The number of nitrogens with zero attached hydrogens (tertiary/aromatic N) is 1. The van der Waals surface area contributed by atoms with Crippen molar-refractivity contribution < 1.29 is 25.2 Å². The summed E-state index contributed by atoms with van der Waals surface area (Å²) in [6.07, 6.45) is 0. The number of hydrogen-bond acceptors (Lipinski definition) is 7. The Kier molecular flexibility index (Phi) is 5.71. The third kappa shape index (κ3) is 4.15. The van der Waals surface area contributed by atoms with Crippen LogP contribution in [0.15, 0.2) is 71.7 Å². The van der Waals surface area contributed by atoms with Gasteiger partial charge in [0.1, 0.15) is 0 Å². The Labute approximate surface area is 195 Å². The first-order chi connectivity index (χ1) is 14.8. The quantitative estimate of drug-likeness (QED) is 0.144. The van der Waals surface area contributed by atoms with E-state index in [1.54, 1.807) is 6.07 Å². The second kappa shape index (κ2) is 8.31. The second-order valence-electron chi connectivity index (χ2n) is 6.86. The molecule has 1 aliphatic rings. The Morgan fingerprint density at radius 1 is 0.903 bits per heavy atom. The number of amides is 1. The first kappa shape index (κ1) is 21.3. The van der Waals surface area contributed by atoms with Crippen LogP contribution in [0.4, 0.5) is 0 Å². The van der Waals surface area contributed by atoms with Gasteiger partial charge in [0.05, 0.1) is 5.25 Å². The van der Waals surface area contributed by atoms with Gasteiger partial charge in [-0.25, -0.2) is 4.99 Å². The second-order valence-corrected chi connectivity index (χ2v) is 9.60. The molecule has 2 unspecified atom stereocenters. The lowest BCUT2D eigenvalue weighted by Crippen LogP contribution is -2.27. The molecule has 1 aliphatic heterocycles. The fourth-order valence-corrected chi connectivity index (χ4v) is 5.88. The van der Waals surface area contributed by atoms with Crippen LogP contribution in [-0.4, -0.2) is 31.5 Å². The fraction of sp³-hybridized carbons (Fsp3) is 0.0909. The number of phenolic OH excluding ortho intramolecular Hbond substituents is 4. The van der Waals surface area contributed by atoms with Crippen molar-refractivity contribution >= 4 is 45.4 Å². The smallest absolute Gasteiger partial charge is 0.257 e. The number of aliphatic imine (C=N–C) groups is 1. The maximum Gasteiger partial charge on any atom is 0.257 e. The summed E-state index contributed by atoms with van der Waals surface area (Å²) in [5.41, 5.74) is 1.81. The summed E-state index contributed by atoms with van der Waals surface area (Å²) in [5.74, 6) is -1.67. The molecule has 0 bridgehead atoms. The van der Waals surface area contributed by atoms with Crippen molar-refractivity contribution in [2.75, 3.05) is 0 Å². The van der Waals surface area contributed by atoms with Crippen LogP contribution in [-0.2, 0) is 3.55 Å². The Bertz CT molecular complexity index is 1190. The van der Waals surface area contributed by atoms with Gasteiger partial charge in [0.25, 0.3) is 5.91 Å². The molecule has 4 rings (SSSR count). The minimum Gasteiger partial charge on any atom is -0.504 e. The number of amidine groups is 1. The standard InChI is InChI=1S/C22H17IN2O5S/c23-22(14-7-9-16(27)18(29)11-14)19(12-4-2-1-3-5-12)31-21(25-22)24-20(30)13-6-8-15(26)17(28)10-13/h1-11,19,26-29H,(H,24,25,30). The average Bonchev–Trinajstić information content (AvgIpc) is 3.09. The van der Waals surface area contributed by atoms with Gasteiger partial charge in [-0.3, -0.25) is 4.79 Å². The Morgan fingerprint density at radius 3 is 2.19 bits per heavy atom. The largest absolute Gasteiger partial charge is 0.504 e. The maximum absolute atomic E-state index is 12.7. The monoisotopic (exact) mass is 548 g/mol. The van der Waals surface area contributed by atoms with E-state index < -0.39 is 15.2 Å². The minimum absolute atomic E-state index is 0.170. The highest BCUT2D eigenvalue weighted by molar-refractivity contribution is 14.1. The number of halogens is 1. The minimum atomic E-state index is -0.866. The highest BCUT2D eigenvalue weighted by atomic mass is 127. The first-order valence-corrected chi connectivity index (χ1v) is 11.1. The van der Waals surface area contributed by atoms with Gasteiger partial charge >= 0.3 is 0 Å². The topological polar surface area (TPSA) is 122 Å². The molecule has 158 valence electrons. The molecule has 31 heavy (non-hydrogen) atoms. The Hall–Kier alpha value is -2.92. The van der Waals surface area contributed by atoms with Crippen LogP contribution in [0.3, 0.4) is 0 Å². The van der Waals surface area contributed by atoms with Gasteiger partial charge in [-0.1, -0.05) is 48.2 Å². The Morgan fingerprint density at radius 2 is 1.55 bits per heavy atom. The van der Waals surface area contributed by atoms with Crippen molar-refractivity contribution in [3.63, 3.8) is 0 Å². The molecule has 0 radical (unpaired) electrons. The van der Waals surface area contributed by atoms with Crippen molar-refractivity contribution in [2.24, 2.45) is 4.99 Å². The van der Waals surface area contributed by atoms with Crippen LogP contribution in [0.5, 0.6) is 23.0 Å². The lowest BCUT2D eigenvalue weighted by Gasteiger charge is -2.27. The average molecular weight is 548 g/mol. The molecule has 1 amide bonds. The van der Waals surface area contributed by atoms with Crippen molar-refractivity contribution in [1.82, 2.24) is 5.32 Å². The predicted molar refractivity (Wildman–Crippen MR) is 127 cm³/mol. The van der Waals surface area contributed by atoms with Crippen molar-refractivity contribution in [1.29, 1.82) is 0 Å². The molecule has 7 nitrogen and oxygen atoms in total. The molecule has 0 saturated heterocycles. The highest BCUT2D eigenvalue weighted by Gasteiger charge is 2.46. The molecule has 0 saturated carbocycles. The molecule has 3 aromatic rings. The van der Waals surface area contributed by atoms with E-state index in [9.17, 15) is 25.2 Å². The molecular formula is C22H17IN2O5S. The van der Waals surface area contributed by atoms with Crippen molar-refractivity contribution in [3.8, 4) is 23.0 Å². The summed E-state index contributed by atoms with van der Waals surface area (Å²) in [6, 6.07) is 18.0. The third-order valence-corrected chi connectivity index (χ3v) is 7.96. The summed E-state index contributed by atoms with van der Waals surface area (Å²) < 4.78 is -0.866. The number of thioether (sulfide) groups is 1. The lowest BCUT2D eigenvalue weighted by molar-refractivity contribution is 0.0977. The molecule has 0 spiro atoms. The van der Waals surface area contributed by atoms with E-state index in [0.29, 0.717) is 10.7 Å². The molecule has 2 atom stereocenters. The van der Waals surface area contributed by atoms with Crippen LogP contribution in [0.1, 0.15) is 26.7 Å². The van der Waals surface area contributed by atoms with E-state index in [-0.39, 0.29) is 28.1 Å². The molecule has 0 aromatic heterocycles. The van der Waals surface area contributed by atoms with E-state index in [4.69, 9.17) is 4.99 Å². The van der Waals surface area contributed by atoms with E-state index in [1.165, 1.54) is 42.1 Å². The number of benzene rings is 3. The zero-order valence-corrected chi connectivity index (χ0v) is 18.8. The molecule has 0 aliphatic carbocycles. The highest BCUT2D eigenvalue weighted by Crippen LogP contribution is 2.57. The van der Waals surface area contributed by atoms with Gasteiger partial charge < -0.3 is 25.7 Å². The van der Waals surface area contributed by atoms with Crippen molar-refractivity contribution in [2.45, 2.75) is 8.80 Å². The van der Waals surface area contributed by atoms with E-state index in [1.807, 2.05) is 30.3 Å². The third-order valence-electron chi connectivity index (χ3n) is 4.78. The van der Waals surface area contributed by atoms with E-state index in [0.717, 1.165) is 5.56 Å². The summed E-state index contributed by atoms with van der Waals surface area (Å²) >= 11 is 3.55. The molecule has 5 N–H and O–H groups in total. The molecular weight excluding hydrogens is 531 g/mol. The summed E-state index contributed by atoms with van der Waals surface area (Å²) in [4.78, 5) is 17.4. The normalized spacial score (nSPS) is 20.3. The van der Waals surface area contributed by atoms with Crippen LogP contribution in [0.2, 0.25) is 0 Å². The molecule has 0 fully saturated rings. The van der Waals surface area contributed by atoms with Gasteiger partial charge in [-0.15, -0.1) is 0 Å². The lowest BCUT2D eigenvalue weighted by atomic mass is 9.98. The van der Waals surface area contributed by atoms with Crippen LogP contribution >= 0.6 is 34.4 Å². The first-order valence-electron chi connectivity index (χ1n) is 9.14. The van der Waals surface area contributed by atoms with Gasteiger partial charge in [0.15, 0.2) is 31.7 Å². The van der Waals surface area contributed by atoms with Crippen LogP contribution in [0.25, 0.3) is 0 Å².